The van der Waals surface area contributed by atoms with Crippen LogP contribution in [0.1, 0.15) is 37.8 Å². The van der Waals surface area contributed by atoms with Crippen LogP contribution in [0.4, 0.5) is 5.69 Å². The van der Waals surface area contributed by atoms with Gasteiger partial charge in [-0.05, 0) is 30.5 Å². The van der Waals surface area contributed by atoms with Gasteiger partial charge in [-0.3, -0.25) is 4.79 Å². The Morgan fingerprint density at radius 1 is 1.56 bits per heavy atom. The van der Waals surface area contributed by atoms with Crippen LogP contribution in [0.5, 0.6) is 0 Å². The number of benzene rings is 1. The highest BCUT2D eigenvalue weighted by Gasteiger charge is 2.24. The van der Waals surface area contributed by atoms with Gasteiger partial charge in [0.25, 0.3) is 0 Å². The molecule has 0 saturated heterocycles. The zero-order chi connectivity index (χ0) is 13.3. The molecule has 0 saturated carbocycles. The Hall–Kier alpha value is -1.51. The van der Waals surface area contributed by atoms with Crippen LogP contribution >= 0.6 is 0 Å². The van der Waals surface area contributed by atoms with Crippen LogP contribution in [0.3, 0.4) is 0 Å². The van der Waals surface area contributed by atoms with Crippen molar-refractivity contribution in [3.63, 3.8) is 0 Å². The summed E-state index contributed by atoms with van der Waals surface area (Å²) < 4.78 is 0. The number of anilines is 1. The summed E-state index contributed by atoms with van der Waals surface area (Å²) in [6.45, 7) is 8.27. The fraction of sp³-hybridized carbons (Fsp3) is 0.533. The summed E-state index contributed by atoms with van der Waals surface area (Å²) in [4.78, 5) is 13.3. The Morgan fingerprint density at radius 2 is 2.28 bits per heavy atom. The van der Waals surface area contributed by atoms with Gasteiger partial charge in [0, 0.05) is 24.7 Å². The van der Waals surface area contributed by atoms with E-state index in [1.165, 1.54) is 11.3 Å². The molecular formula is C15H21NO2. The Labute approximate surface area is 108 Å². The van der Waals surface area contributed by atoms with E-state index in [2.05, 4.69) is 36.9 Å². The summed E-state index contributed by atoms with van der Waals surface area (Å²) in [5, 5.41) is 8.96. The van der Waals surface area contributed by atoms with Crippen molar-refractivity contribution in [1.82, 2.24) is 0 Å². The fourth-order valence-electron chi connectivity index (χ4n) is 2.68. The summed E-state index contributed by atoms with van der Waals surface area (Å²) in [6, 6.07) is 6.40. The first-order chi connectivity index (χ1) is 8.52. The zero-order valence-corrected chi connectivity index (χ0v) is 11.3. The zero-order valence-electron chi connectivity index (χ0n) is 11.3. The van der Waals surface area contributed by atoms with Gasteiger partial charge in [-0.25, -0.2) is 0 Å². The molecule has 1 aromatic carbocycles. The number of hydrogen-bond donors (Lipinski definition) is 1. The van der Waals surface area contributed by atoms with Crippen LogP contribution in [0.15, 0.2) is 18.2 Å². The maximum Gasteiger partial charge on any atom is 0.306 e. The van der Waals surface area contributed by atoms with Crippen LogP contribution in [-0.4, -0.2) is 24.2 Å². The van der Waals surface area contributed by atoms with Gasteiger partial charge in [0.1, 0.15) is 0 Å². The standard InChI is InChI=1S/C15H21NO2/c1-4-16-9-11(3)13-8-12(5-6-14(13)16)7-10(2)15(17)18/h5-6,8,10-11H,4,7,9H2,1-3H3,(H,17,18). The number of carbonyl (C=O) groups is 1. The number of carboxylic acid groups (broad SMARTS) is 1. The van der Waals surface area contributed by atoms with Crippen LogP contribution in [0, 0.1) is 5.92 Å². The number of rotatable bonds is 4. The van der Waals surface area contributed by atoms with Gasteiger partial charge in [-0.15, -0.1) is 0 Å². The maximum absolute atomic E-state index is 10.9. The van der Waals surface area contributed by atoms with Gasteiger partial charge in [0.15, 0.2) is 0 Å². The van der Waals surface area contributed by atoms with Gasteiger partial charge in [0.2, 0.25) is 0 Å². The average molecular weight is 247 g/mol. The molecule has 3 nitrogen and oxygen atoms in total. The largest absolute Gasteiger partial charge is 0.481 e. The maximum atomic E-state index is 10.9. The molecule has 1 aromatic rings. The summed E-state index contributed by atoms with van der Waals surface area (Å²) in [7, 11) is 0. The van der Waals surface area contributed by atoms with Gasteiger partial charge in [0.05, 0.1) is 5.92 Å². The van der Waals surface area contributed by atoms with Crippen LogP contribution in [0.25, 0.3) is 0 Å². The van der Waals surface area contributed by atoms with Crippen LogP contribution in [-0.2, 0) is 11.2 Å². The predicted molar refractivity (Wildman–Crippen MR) is 73.2 cm³/mol. The number of likely N-dealkylation sites (N-methyl/N-ethyl adjacent to an activating group) is 1. The minimum atomic E-state index is -0.723. The highest BCUT2D eigenvalue weighted by molar-refractivity contribution is 5.70. The lowest BCUT2D eigenvalue weighted by atomic mass is 9.96. The summed E-state index contributed by atoms with van der Waals surface area (Å²) in [5.74, 6) is -0.499. The fourth-order valence-corrected chi connectivity index (χ4v) is 2.68. The first-order valence-electron chi connectivity index (χ1n) is 6.63. The molecule has 0 aliphatic carbocycles. The number of fused-ring (bicyclic) bond motifs is 1. The molecule has 2 atom stereocenters. The number of carboxylic acids is 1. The molecule has 0 bridgehead atoms. The van der Waals surface area contributed by atoms with E-state index in [9.17, 15) is 4.79 Å². The summed E-state index contributed by atoms with van der Waals surface area (Å²) in [5.41, 5.74) is 3.82. The average Bonchev–Trinajstić information content (AvgIpc) is 2.66. The lowest BCUT2D eigenvalue weighted by Crippen LogP contribution is -2.20. The molecule has 3 heteroatoms. The monoisotopic (exact) mass is 247 g/mol. The molecular weight excluding hydrogens is 226 g/mol. The van der Waals surface area contributed by atoms with Crippen molar-refractivity contribution >= 4 is 11.7 Å². The molecule has 1 aliphatic heterocycles. The minimum Gasteiger partial charge on any atom is -0.481 e. The van der Waals surface area contributed by atoms with Crippen molar-refractivity contribution in [1.29, 1.82) is 0 Å². The van der Waals surface area contributed by atoms with Gasteiger partial charge >= 0.3 is 5.97 Å². The van der Waals surface area contributed by atoms with Gasteiger partial charge in [-0.2, -0.15) is 0 Å². The number of nitrogens with zero attached hydrogens (tertiary/aromatic N) is 1. The van der Waals surface area contributed by atoms with Crippen molar-refractivity contribution in [3.8, 4) is 0 Å². The van der Waals surface area contributed by atoms with E-state index in [1.54, 1.807) is 6.92 Å². The Bertz CT molecular complexity index is 456. The molecule has 0 fully saturated rings. The highest BCUT2D eigenvalue weighted by atomic mass is 16.4. The summed E-state index contributed by atoms with van der Waals surface area (Å²) >= 11 is 0. The van der Waals surface area contributed by atoms with Crippen molar-refractivity contribution in [2.24, 2.45) is 5.92 Å². The molecule has 1 heterocycles. The second-order valence-electron chi connectivity index (χ2n) is 5.28. The third-order valence-electron chi connectivity index (χ3n) is 3.80. The Kier molecular flexibility index (Phi) is 3.60. The third kappa shape index (κ3) is 2.35. The molecule has 0 radical (unpaired) electrons. The van der Waals surface area contributed by atoms with E-state index < -0.39 is 5.97 Å². The van der Waals surface area contributed by atoms with Crippen molar-refractivity contribution in [2.45, 2.75) is 33.1 Å². The first-order valence-corrected chi connectivity index (χ1v) is 6.63. The van der Waals surface area contributed by atoms with Gasteiger partial charge < -0.3 is 10.0 Å². The van der Waals surface area contributed by atoms with Crippen LogP contribution < -0.4 is 4.90 Å². The SMILES string of the molecule is CCN1CC(C)c2cc(CC(C)C(=O)O)ccc21. The second-order valence-corrected chi connectivity index (χ2v) is 5.28. The van der Waals surface area contributed by atoms with Crippen molar-refractivity contribution in [2.75, 3.05) is 18.0 Å². The Morgan fingerprint density at radius 3 is 2.89 bits per heavy atom. The lowest BCUT2D eigenvalue weighted by Gasteiger charge is -2.17. The lowest BCUT2D eigenvalue weighted by molar-refractivity contribution is -0.141. The molecule has 2 unspecified atom stereocenters. The topological polar surface area (TPSA) is 40.5 Å². The molecule has 1 aliphatic rings. The molecule has 0 amide bonds. The van der Waals surface area contributed by atoms with E-state index in [-0.39, 0.29) is 5.92 Å². The smallest absolute Gasteiger partial charge is 0.306 e. The van der Waals surface area contributed by atoms with Crippen molar-refractivity contribution < 1.29 is 9.90 Å². The van der Waals surface area contributed by atoms with E-state index >= 15 is 0 Å². The molecule has 2 rings (SSSR count). The van der Waals surface area contributed by atoms with E-state index in [4.69, 9.17) is 5.11 Å². The van der Waals surface area contributed by atoms with E-state index in [1.807, 2.05) is 0 Å². The molecule has 98 valence electrons. The van der Waals surface area contributed by atoms with E-state index in [0.717, 1.165) is 18.7 Å². The number of hydrogen-bond acceptors (Lipinski definition) is 2. The minimum absolute atomic E-state index is 0.318. The quantitative estimate of drug-likeness (QED) is 0.889. The first kappa shape index (κ1) is 12.9. The molecule has 0 spiro atoms. The number of aliphatic carboxylic acids is 1. The molecule has 18 heavy (non-hydrogen) atoms. The van der Waals surface area contributed by atoms with Gasteiger partial charge in [-0.1, -0.05) is 26.0 Å². The summed E-state index contributed by atoms with van der Waals surface area (Å²) in [6.07, 6.45) is 0.613. The predicted octanol–water partition coefficient (Wildman–Crippen LogP) is 2.89. The third-order valence-corrected chi connectivity index (χ3v) is 3.80. The normalized spacial score (nSPS) is 19.7. The second kappa shape index (κ2) is 5.01. The van der Waals surface area contributed by atoms with Crippen LogP contribution in [0.2, 0.25) is 0 Å². The van der Waals surface area contributed by atoms with E-state index in [0.29, 0.717) is 12.3 Å². The van der Waals surface area contributed by atoms with Crippen molar-refractivity contribution in [3.05, 3.63) is 29.3 Å². The highest BCUT2D eigenvalue weighted by Crippen LogP contribution is 2.36. The molecule has 1 N–H and O–H groups in total. The molecule has 0 aromatic heterocycles. The Balaban J connectivity index is 2.23.